The molecule has 1 aliphatic carbocycles. The molecule has 50 heavy (non-hydrogen) atoms. The Hall–Kier alpha value is -3.02. The van der Waals surface area contributed by atoms with Crippen LogP contribution in [0.5, 0.6) is 5.75 Å². The number of piperidine rings is 2. The number of carbonyl (C=O) groups excluding carboxylic acids is 2. The molecule has 3 saturated heterocycles. The minimum Gasteiger partial charge on any atom is -0.494 e. The van der Waals surface area contributed by atoms with Gasteiger partial charge in [0, 0.05) is 57.2 Å². The fourth-order valence-corrected chi connectivity index (χ4v) is 8.35. The number of nitrogens with zero attached hydrogens (tertiary/aromatic N) is 3. The lowest BCUT2D eigenvalue weighted by Gasteiger charge is -2.46. The number of aliphatic carboxylic acids is 1. The van der Waals surface area contributed by atoms with E-state index in [2.05, 4.69) is 28.5 Å². The van der Waals surface area contributed by atoms with Crippen molar-refractivity contribution in [2.45, 2.75) is 141 Å². The van der Waals surface area contributed by atoms with Gasteiger partial charge in [-0.05, 0) is 81.5 Å². The van der Waals surface area contributed by atoms with Gasteiger partial charge >= 0.3 is 18.2 Å². The van der Waals surface area contributed by atoms with Crippen LogP contribution in [0.15, 0.2) is 12.1 Å². The van der Waals surface area contributed by atoms with Gasteiger partial charge < -0.3 is 24.4 Å². The van der Waals surface area contributed by atoms with Crippen molar-refractivity contribution >= 4 is 18.0 Å². The lowest BCUT2D eigenvalue weighted by Crippen LogP contribution is -2.56. The quantitative estimate of drug-likeness (QED) is 0.232. The van der Waals surface area contributed by atoms with E-state index in [1.165, 1.54) is 32.1 Å². The molecule has 4 aliphatic rings. The van der Waals surface area contributed by atoms with Gasteiger partial charge in [0.2, 0.25) is 0 Å². The molecule has 1 saturated carbocycles. The molecule has 1 spiro atoms. The highest BCUT2D eigenvalue weighted by atomic mass is 19.4. The molecule has 5 rings (SSSR count). The van der Waals surface area contributed by atoms with Crippen LogP contribution < -0.4 is 4.74 Å². The third-order valence-corrected chi connectivity index (χ3v) is 11.2. The smallest absolute Gasteiger partial charge is 0.490 e. The average molecular weight is 710 g/mol. The summed E-state index contributed by atoms with van der Waals surface area (Å²) in [7, 11) is 0. The molecule has 1 aromatic carbocycles. The maximum absolute atomic E-state index is 13.6. The summed E-state index contributed by atoms with van der Waals surface area (Å²) in [6.07, 6.45) is 10.7. The number of carboxylic acid groups (broad SMARTS) is 1. The summed E-state index contributed by atoms with van der Waals surface area (Å²) in [5.41, 5.74) is 2.51. The molecule has 1 unspecified atom stereocenters. The Labute approximate surface area is 295 Å². The molecule has 1 aromatic rings. The molecule has 4 fully saturated rings. The van der Waals surface area contributed by atoms with Gasteiger partial charge in [-0.25, -0.2) is 9.59 Å². The second-order valence-electron chi connectivity index (χ2n) is 14.7. The lowest BCUT2D eigenvalue weighted by atomic mass is 9.80. The van der Waals surface area contributed by atoms with Gasteiger partial charge in [-0.1, -0.05) is 52.4 Å². The third-order valence-electron chi connectivity index (χ3n) is 11.2. The Morgan fingerprint density at radius 3 is 2.06 bits per heavy atom. The number of alkyl halides is 3. The van der Waals surface area contributed by atoms with E-state index in [1.807, 2.05) is 26.0 Å². The van der Waals surface area contributed by atoms with Crippen molar-refractivity contribution in [2.24, 2.45) is 5.92 Å². The number of benzene rings is 1. The zero-order valence-corrected chi connectivity index (χ0v) is 30.5. The van der Waals surface area contributed by atoms with E-state index >= 15 is 0 Å². The Bertz CT molecular complexity index is 1260. The van der Waals surface area contributed by atoms with Crippen molar-refractivity contribution in [1.29, 1.82) is 0 Å². The van der Waals surface area contributed by atoms with Crippen LogP contribution in [-0.2, 0) is 9.53 Å². The lowest BCUT2D eigenvalue weighted by molar-refractivity contribution is -0.192. The average Bonchev–Trinajstić information content (AvgIpc) is 3.32. The summed E-state index contributed by atoms with van der Waals surface area (Å²) in [5, 5.41) is 7.12. The van der Waals surface area contributed by atoms with E-state index in [1.54, 1.807) is 0 Å². The molecule has 1 atom stereocenters. The minimum atomic E-state index is -5.08. The predicted octanol–water partition coefficient (Wildman–Crippen LogP) is 8.15. The van der Waals surface area contributed by atoms with E-state index in [0.29, 0.717) is 18.6 Å². The van der Waals surface area contributed by atoms with Crippen LogP contribution in [0, 0.1) is 19.8 Å². The number of carboxylic acids is 1. The molecule has 0 bridgehead atoms. The second kappa shape index (κ2) is 18.0. The number of rotatable bonds is 11. The molecular formula is C38H58F3N3O6. The summed E-state index contributed by atoms with van der Waals surface area (Å²) in [4.78, 5) is 42.6. The minimum absolute atomic E-state index is 0.0573. The molecule has 12 heteroatoms. The van der Waals surface area contributed by atoms with Crippen molar-refractivity contribution in [3.05, 3.63) is 28.8 Å². The summed E-state index contributed by atoms with van der Waals surface area (Å²) in [6.45, 7) is 13.6. The number of amides is 2. The number of aryl methyl sites for hydroxylation is 2. The number of hydrogen-bond donors (Lipinski definition) is 1. The van der Waals surface area contributed by atoms with Crippen molar-refractivity contribution < 1.29 is 42.1 Å². The van der Waals surface area contributed by atoms with Gasteiger partial charge in [0.25, 0.3) is 5.91 Å². The van der Waals surface area contributed by atoms with Crippen LogP contribution in [0.1, 0.15) is 125 Å². The summed E-state index contributed by atoms with van der Waals surface area (Å²) in [6, 6.07) is 4.75. The fourth-order valence-electron chi connectivity index (χ4n) is 8.35. The topological polar surface area (TPSA) is 99.6 Å². The molecule has 1 N–H and O–H groups in total. The van der Waals surface area contributed by atoms with Crippen LogP contribution in [0.25, 0.3) is 0 Å². The van der Waals surface area contributed by atoms with Crippen molar-refractivity contribution in [1.82, 2.24) is 14.7 Å². The molecule has 3 heterocycles. The normalized spacial score (nSPS) is 21.9. The maximum atomic E-state index is 13.6. The third kappa shape index (κ3) is 10.1. The highest BCUT2D eigenvalue weighted by molar-refractivity contribution is 5.97. The summed E-state index contributed by atoms with van der Waals surface area (Å²) < 4.78 is 44.0. The Morgan fingerprint density at radius 2 is 1.52 bits per heavy atom. The van der Waals surface area contributed by atoms with Gasteiger partial charge in [-0.15, -0.1) is 0 Å². The molecule has 0 aromatic heterocycles. The van der Waals surface area contributed by atoms with Gasteiger partial charge in [0.15, 0.2) is 0 Å². The van der Waals surface area contributed by atoms with Gasteiger partial charge in [-0.2, -0.15) is 13.2 Å². The largest absolute Gasteiger partial charge is 0.494 e. The Kier molecular flexibility index (Phi) is 14.3. The zero-order valence-electron chi connectivity index (χ0n) is 30.5. The molecule has 3 aliphatic heterocycles. The van der Waals surface area contributed by atoms with Crippen molar-refractivity contribution in [3.8, 4) is 5.75 Å². The van der Waals surface area contributed by atoms with Crippen LogP contribution in [0.2, 0.25) is 0 Å². The highest BCUT2D eigenvalue weighted by Gasteiger charge is 2.55. The molecule has 0 radical (unpaired) electrons. The van der Waals surface area contributed by atoms with Crippen LogP contribution in [0.4, 0.5) is 18.0 Å². The number of carbonyl (C=O) groups is 3. The van der Waals surface area contributed by atoms with E-state index in [9.17, 15) is 22.8 Å². The predicted molar refractivity (Wildman–Crippen MR) is 186 cm³/mol. The number of halogens is 3. The van der Waals surface area contributed by atoms with E-state index in [0.717, 1.165) is 113 Å². The number of ether oxygens (including phenoxy) is 2. The monoisotopic (exact) mass is 709 g/mol. The first kappa shape index (κ1) is 39.8. The zero-order chi connectivity index (χ0) is 36.5. The first-order valence-electron chi connectivity index (χ1n) is 18.9. The fraction of sp³-hybridized carbons (Fsp3) is 0.763. The maximum Gasteiger partial charge on any atom is 0.490 e. The second-order valence-corrected chi connectivity index (χ2v) is 14.7. The standard InChI is InChI=1S/C36H57N3O4.C2HF3O2/c1-5-7-14-32-36(43-35(41)39(32)26-29-12-10-9-11-13-29)17-21-37(22-18-36)30-15-19-38(20-16-30)34(40)33-27(3)24-31(25-28(33)4)42-23-8-6-2;3-2(4,5)1(6)7/h24-25,29-30,32H,5-23,26H2,1-4H3;(H,6,7). The van der Waals surface area contributed by atoms with E-state index in [4.69, 9.17) is 19.4 Å². The molecule has 282 valence electrons. The highest BCUT2D eigenvalue weighted by Crippen LogP contribution is 2.43. The summed E-state index contributed by atoms with van der Waals surface area (Å²) >= 11 is 0. The SMILES string of the molecule is CCCCOc1cc(C)c(C(=O)N2CCC(N3CCC4(CC3)OC(=O)N(CC3CCCCC3)C4CCCC)CC2)c(C)c1.O=C(O)C(F)(F)F. The first-order chi connectivity index (χ1) is 23.8. The Balaban J connectivity index is 0.000000727. The van der Waals surface area contributed by atoms with Gasteiger partial charge in [-0.3, -0.25) is 9.69 Å². The van der Waals surface area contributed by atoms with Crippen molar-refractivity contribution in [2.75, 3.05) is 39.3 Å². The summed E-state index contributed by atoms with van der Waals surface area (Å²) in [5.74, 6) is -1.10. The Morgan fingerprint density at radius 1 is 0.940 bits per heavy atom. The molecule has 9 nitrogen and oxygen atoms in total. The number of hydrogen-bond acceptors (Lipinski definition) is 6. The van der Waals surface area contributed by atoms with E-state index in [-0.39, 0.29) is 23.6 Å². The number of likely N-dealkylation sites (tertiary alicyclic amines) is 2. The van der Waals surface area contributed by atoms with Crippen LogP contribution in [0.3, 0.4) is 0 Å². The number of unbranched alkanes of at least 4 members (excludes halogenated alkanes) is 2. The van der Waals surface area contributed by atoms with Gasteiger partial charge in [0.1, 0.15) is 11.4 Å². The first-order valence-corrected chi connectivity index (χ1v) is 18.9. The molecule has 2 amide bonds. The van der Waals surface area contributed by atoms with Crippen LogP contribution >= 0.6 is 0 Å². The van der Waals surface area contributed by atoms with Crippen LogP contribution in [-0.4, -0.2) is 101 Å². The van der Waals surface area contributed by atoms with E-state index < -0.39 is 12.1 Å². The molecular weight excluding hydrogens is 651 g/mol. The van der Waals surface area contributed by atoms with Crippen molar-refractivity contribution in [3.63, 3.8) is 0 Å². The van der Waals surface area contributed by atoms with Gasteiger partial charge in [0.05, 0.1) is 12.6 Å².